The number of rotatable bonds is 2. The summed E-state index contributed by atoms with van der Waals surface area (Å²) in [6, 6.07) is 5.80. The molecule has 3 rings (SSSR count). The number of benzene rings is 1. The summed E-state index contributed by atoms with van der Waals surface area (Å²) >= 11 is 0. The van der Waals surface area contributed by atoms with Crippen molar-refractivity contribution in [1.82, 2.24) is 0 Å². The molecule has 0 radical (unpaired) electrons. The van der Waals surface area contributed by atoms with Gasteiger partial charge in [-0.15, -0.1) is 0 Å². The third kappa shape index (κ3) is 2.39. The summed E-state index contributed by atoms with van der Waals surface area (Å²) in [5.74, 6) is -0.853. The van der Waals surface area contributed by atoms with Crippen LogP contribution in [0.3, 0.4) is 0 Å². The van der Waals surface area contributed by atoms with Crippen LogP contribution < -0.4 is 0 Å². The maximum absolute atomic E-state index is 12.0. The molecule has 24 heavy (non-hydrogen) atoms. The number of aliphatic hydroxyl groups is 2. The number of hydrogen-bond donors (Lipinski definition) is 3. The summed E-state index contributed by atoms with van der Waals surface area (Å²) in [5.41, 5.74) is 0.654. The predicted molar refractivity (Wildman–Crippen MR) is 91.7 cm³/mol. The Bertz CT molecular complexity index is 675. The van der Waals surface area contributed by atoms with E-state index in [9.17, 15) is 20.1 Å². The van der Waals surface area contributed by atoms with Gasteiger partial charge in [-0.2, -0.15) is 0 Å². The van der Waals surface area contributed by atoms with Crippen LogP contribution in [0.2, 0.25) is 0 Å². The van der Waals surface area contributed by atoms with Gasteiger partial charge >= 0.3 is 5.97 Å². The monoisotopic (exact) mass is 332 g/mol. The van der Waals surface area contributed by atoms with E-state index in [0.717, 1.165) is 29.5 Å². The first-order valence-electron chi connectivity index (χ1n) is 8.79. The van der Waals surface area contributed by atoms with E-state index >= 15 is 0 Å². The molecule has 0 heterocycles. The number of aliphatic carboxylic acids is 1. The molecule has 3 N–H and O–H groups in total. The van der Waals surface area contributed by atoms with E-state index in [-0.39, 0.29) is 11.3 Å². The molecule has 0 spiro atoms. The van der Waals surface area contributed by atoms with Crippen molar-refractivity contribution in [2.24, 2.45) is 11.3 Å². The highest BCUT2D eigenvalue weighted by Gasteiger charge is 2.56. The fourth-order valence-corrected chi connectivity index (χ4v) is 5.06. The van der Waals surface area contributed by atoms with E-state index in [2.05, 4.69) is 6.92 Å². The molecule has 1 fully saturated rings. The minimum Gasteiger partial charge on any atom is -0.481 e. The molecule has 1 aromatic rings. The van der Waals surface area contributed by atoms with Crippen molar-refractivity contribution in [3.8, 4) is 0 Å². The average molecular weight is 332 g/mol. The van der Waals surface area contributed by atoms with Crippen molar-refractivity contribution in [2.75, 3.05) is 0 Å². The maximum atomic E-state index is 12.0. The lowest BCUT2D eigenvalue weighted by atomic mass is 9.49. The van der Waals surface area contributed by atoms with Gasteiger partial charge in [-0.3, -0.25) is 4.79 Å². The third-order valence-corrected chi connectivity index (χ3v) is 6.61. The summed E-state index contributed by atoms with van der Waals surface area (Å²) in [6.45, 7) is 7.44. The van der Waals surface area contributed by atoms with Crippen LogP contribution in [0.15, 0.2) is 18.2 Å². The zero-order valence-electron chi connectivity index (χ0n) is 15.0. The first kappa shape index (κ1) is 17.4. The van der Waals surface area contributed by atoms with E-state index in [1.165, 1.54) is 0 Å². The molecule has 0 aliphatic heterocycles. The van der Waals surface area contributed by atoms with Gasteiger partial charge in [0.1, 0.15) is 0 Å². The molecule has 0 unspecified atom stereocenters. The summed E-state index contributed by atoms with van der Waals surface area (Å²) < 4.78 is 0. The van der Waals surface area contributed by atoms with Crippen LogP contribution in [-0.2, 0) is 15.8 Å². The predicted octanol–water partition coefficient (Wildman–Crippen LogP) is 3.50. The van der Waals surface area contributed by atoms with Crippen LogP contribution in [-0.4, -0.2) is 21.3 Å². The van der Waals surface area contributed by atoms with Crippen molar-refractivity contribution in [3.05, 3.63) is 34.9 Å². The minimum absolute atomic E-state index is 0.0910. The Labute approximate surface area is 143 Å². The van der Waals surface area contributed by atoms with Gasteiger partial charge in [0.05, 0.1) is 17.1 Å². The van der Waals surface area contributed by atoms with Gasteiger partial charge in [0.15, 0.2) is 0 Å². The van der Waals surface area contributed by atoms with Crippen LogP contribution in [0, 0.1) is 11.3 Å². The SMILES string of the molecule is CC(C)(O)c1ccc2c(c1)[C@@H](O)C[C@H]1[C@@](C)(C(=O)O)CCC[C@]21C. The highest BCUT2D eigenvalue weighted by Crippen LogP contribution is 2.59. The summed E-state index contributed by atoms with van der Waals surface area (Å²) in [5, 5.41) is 30.8. The second kappa shape index (κ2) is 5.30. The molecular formula is C20H28O4. The third-order valence-electron chi connectivity index (χ3n) is 6.61. The van der Waals surface area contributed by atoms with Crippen LogP contribution in [0.5, 0.6) is 0 Å². The Balaban J connectivity index is 2.15. The van der Waals surface area contributed by atoms with Crippen molar-refractivity contribution < 1.29 is 20.1 Å². The number of carboxylic acids is 1. The van der Waals surface area contributed by atoms with Crippen LogP contribution in [0.25, 0.3) is 0 Å². The largest absolute Gasteiger partial charge is 0.481 e. The van der Waals surface area contributed by atoms with Crippen molar-refractivity contribution in [2.45, 2.75) is 70.5 Å². The first-order valence-corrected chi connectivity index (χ1v) is 8.79. The van der Waals surface area contributed by atoms with E-state index in [1.807, 2.05) is 25.1 Å². The maximum Gasteiger partial charge on any atom is 0.309 e. The molecule has 2 aliphatic carbocycles. The van der Waals surface area contributed by atoms with Gasteiger partial charge < -0.3 is 15.3 Å². The molecule has 0 bridgehead atoms. The Hall–Kier alpha value is -1.39. The smallest absolute Gasteiger partial charge is 0.309 e. The molecule has 4 atom stereocenters. The lowest BCUT2D eigenvalue weighted by Crippen LogP contribution is -2.53. The molecular weight excluding hydrogens is 304 g/mol. The highest BCUT2D eigenvalue weighted by molar-refractivity contribution is 5.75. The molecule has 0 aromatic heterocycles. The second-order valence-corrected chi connectivity index (χ2v) is 8.66. The molecule has 1 saturated carbocycles. The summed E-state index contributed by atoms with van der Waals surface area (Å²) in [7, 11) is 0. The summed E-state index contributed by atoms with van der Waals surface area (Å²) in [4.78, 5) is 12.0. The molecule has 4 nitrogen and oxygen atoms in total. The Morgan fingerprint density at radius 3 is 2.50 bits per heavy atom. The molecule has 2 aliphatic rings. The number of carboxylic acid groups (broad SMARTS) is 1. The second-order valence-electron chi connectivity index (χ2n) is 8.66. The fourth-order valence-electron chi connectivity index (χ4n) is 5.06. The lowest BCUT2D eigenvalue weighted by Gasteiger charge is -2.54. The molecule has 132 valence electrons. The van der Waals surface area contributed by atoms with Crippen molar-refractivity contribution in [1.29, 1.82) is 0 Å². The number of fused-ring (bicyclic) bond motifs is 3. The minimum atomic E-state index is -0.964. The summed E-state index contributed by atoms with van der Waals surface area (Å²) in [6.07, 6.45) is 2.24. The van der Waals surface area contributed by atoms with Crippen molar-refractivity contribution in [3.63, 3.8) is 0 Å². The van der Waals surface area contributed by atoms with Gasteiger partial charge in [0, 0.05) is 0 Å². The fraction of sp³-hybridized carbons (Fsp3) is 0.650. The Morgan fingerprint density at radius 2 is 1.92 bits per heavy atom. The standard InChI is InChI=1S/C20H28O4/c1-18(2,24)12-6-7-14-13(10-12)15(21)11-16-19(14,3)8-5-9-20(16,4)17(22)23/h6-7,10,15-16,21,24H,5,8-9,11H2,1-4H3,(H,22,23)/t15-,16+,19+,20-/m0/s1. The highest BCUT2D eigenvalue weighted by atomic mass is 16.4. The van der Waals surface area contributed by atoms with Crippen LogP contribution in [0.1, 0.15) is 76.2 Å². The zero-order valence-corrected chi connectivity index (χ0v) is 15.0. The van der Waals surface area contributed by atoms with E-state index < -0.39 is 23.1 Å². The van der Waals surface area contributed by atoms with Gasteiger partial charge in [0.25, 0.3) is 0 Å². The van der Waals surface area contributed by atoms with Crippen LogP contribution in [0.4, 0.5) is 0 Å². The number of aliphatic hydroxyl groups excluding tert-OH is 1. The number of carbonyl (C=O) groups is 1. The molecule has 4 heteroatoms. The van der Waals surface area contributed by atoms with Crippen molar-refractivity contribution >= 4 is 5.97 Å². The van der Waals surface area contributed by atoms with E-state index in [4.69, 9.17) is 0 Å². The first-order chi connectivity index (χ1) is 11.0. The average Bonchev–Trinajstić information content (AvgIpc) is 2.48. The Kier molecular flexibility index (Phi) is 3.85. The van der Waals surface area contributed by atoms with Gasteiger partial charge in [-0.1, -0.05) is 31.5 Å². The topological polar surface area (TPSA) is 77.8 Å². The normalized spacial score (nSPS) is 35.9. The number of hydrogen-bond acceptors (Lipinski definition) is 3. The Morgan fingerprint density at radius 1 is 1.25 bits per heavy atom. The molecule has 0 amide bonds. The zero-order chi connectivity index (χ0) is 17.9. The van der Waals surface area contributed by atoms with E-state index in [1.54, 1.807) is 13.8 Å². The lowest BCUT2D eigenvalue weighted by molar-refractivity contribution is -0.159. The van der Waals surface area contributed by atoms with Gasteiger partial charge in [-0.25, -0.2) is 0 Å². The molecule has 1 aromatic carbocycles. The molecule has 0 saturated heterocycles. The van der Waals surface area contributed by atoms with E-state index in [0.29, 0.717) is 12.8 Å². The van der Waals surface area contributed by atoms with Gasteiger partial charge in [-0.05, 0) is 68.1 Å². The van der Waals surface area contributed by atoms with Crippen LogP contribution >= 0.6 is 0 Å². The van der Waals surface area contributed by atoms with Gasteiger partial charge in [0.2, 0.25) is 0 Å². The quantitative estimate of drug-likeness (QED) is 0.774.